The van der Waals surface area contributed by atoms with Crippen molar-refractivity contribution in [2.45, 2.75) is 35.4 Å². The first kappa shape index (κ1) is 16.1. The van der Waals surface area contributed by atoms with Gasteiger partial charge in [0.15, 0.2) is 0 Å². The lowest BCUT2D eigenvalue weighted by Gasteiger charge is -2.40. The molecule has 3 N–H and O–H groups in total. The Kier molecular flexibility index (Phi) is 5.02. The minimum atomic E-state index is -3.51. The van der Waals surface area contributed by atoms with Crippen LogP contribution in [0.25, 0.3) is 0 Å². The van der Waals surface area contributed by atoms with Crippen molar-refractivity contribution in [3.63, 3.8) is 0 Å². The monoisotopic (exact) mass is 334 g/mol. The Morgan fingerprint density at radius 2 is 2.15 bits per heavy atom. The van der Waals surface area contributed by atoms with Crippen LogP contribution in [-0.4, -0.2) is 26.0 Å². The molecule has 4 nitrogen and oxygen atoms in total. The Hall–Kier alpha value is -0.270. The maximum Gasteiger partial charge on any atom is 0.240 e. The zero-order valence-corrected chi connectivity index (χ0v) is 13.7. The predicted octanol–water partition coefficient (Wildman–Crippen LogP) is 2.36. The maximum absolute atomic E-state index is 12.3. The SMILES string of the molecule is CSC1(CNS(=O)(=O)c2ccc(Cl)c(CN)c2)CCC1. The summed E-state index contributed by atoms with van der Waals surface area (Å²) in [6, 6.07) is 4.62. The molecular formula is C13H19ClN2O2S2. The first-order valence-electron chi connectivity index (χ1n) is 6.46. The van der Waals surface area contributed by atoms with Crippen LogP contribution < -0.4 is 10.5 Å². The summed E-state index contributed by atoms with van der Waals surface area (Å²) in [6.45, 7) is 0.689. The molecule has 1 aliphatic carbocycles. The molecule has 0 amide bonds. The Morgan fingerprint density at radius 1 is 1.45 bits per heavy atom. The molecule has 1 aromatic rings. The average Bonchev–Trinajstić information content (AvgIpc) is 2.38. The van der Waals surface area contributed by atoms with Crippen molar-refractivity contribution >= 4 is 33.4 Å². The highest BCUT2D eigenvalue weighted by Gasteiger charge is 2.37. The van der Waals surface area contributed by atoms with Crippen LogP contribution in [0.4, 0.5) is 0 Å². The van der Waals surface area contributed by atoms with E-state index in [0.29, 0.717) is 17.1 Å². The molecule has 0 heterocycles. The van der Waals surface area contributed by atoms with Gasteiger partial charge in [-0.15, -0.1) is 0 Å². The van der Waals surface area contributed by atoms with E-state index in [1.807, 2.05) is 6.26 Å². The summed E-state index contributed by atoms with van der Waals surface area (Å²) in [7, 11) is -3.51. The number of hydrogen-bond acceptors (Lipinski definition) is 4. The zero-order chi connectivity index (χ0) is 14.8. The molecule has 0 spiro atoms. The molecule has 1 saturated carbocycles. The van der Waals surface area contributed by atoms with Crippen molar-refractivity contribution in [2.24, 2.45) is 5.73 Å². The highest BCUT2D eigenvalue weighted by atomic mass is 35.5. The zero-order valence-electron chi connectivity index (χ0n) is 11.4. The van der Waals surface area contributed by atoms with Crippen LogP contribution in [0.5, 0.6) is 0 Å². The Bertz CT molecular complexity index is 581. The highest BCUT2D eigenvalue weighted by Crippen LogP contribution is 2.42. The van der Waals surface area contributed by atoms with Crippen molar-refractivity contribution in [3.8, 4) is 0 Å². The van der Waals surface area contributed by atoms with E-state index >= 15 is 0 Å². The summed E-state index contributed by atoms with van der Waals surface area (Å²) in [5.41, 5.74) is 6.19. The number of hydrogen-bond donors (Lipinski definition) is 2. The summed E-state index contributed by atoms with van der Waals surface area (Å²) in [4.78, 5) is 0.220. The summed E-state index contributed by atoms with van der Waals surface area (Å²) in [5, 5.41) is 0.492. The van der Waals surface area contributed by atoms with E-state index < -0.39 is 10.0 Å². The molecular weight excluding hydrogens is 316 g/mol. The standard InChI is InChI=1S/C13H19ClN2O2S2/c1-19-13(5-2-6-13)9-16-20(17,18)11-3-4-12(14)10(7-11)8-15/h3-4,7,16H,2,5-6,8-9,15H2,1H3. The van der Waals surface area contributed by atoms with Crippen molar-refractivity contribution in [1.29, 1.82) is 0 Å². The van der Waals surface area contributed by atoms with E-state index in [2.05, 4.69) is 4.72 Å². The van der Waals surface area contributed by atoms with Gasteiger partial charge in [0, 0.05) is 22.9 Å². The van der Waals surface area contributed by atoms with Crippen LogP contribution in [0.2, 0.25) is 5.02 Å². The van der Waals surface area contributed by atoms with Gasteiger partial charge in [0.05, 0.1) is 4.90 Å². The predicted molar refractivity (Wildman–Crippen MR) is 84.6 cm³/mol. The van der Waals surface area contributed by atoms with Gasteiger partial charge in [0.1, 0.15) is 0 Å². The van der Waals surface area contributed by atoms with Gasteiger partial charge in [-0.25, -0.2) is 13.1 Å². The number of benzene rings is 1. The van der Waals surface area contributed by atoms with Gasteiger partial charge in [-0.1, -0.05) is 18.0 Å². The second kappa shape index (κ2) is 6.23. The van der Waals surface area contributed by atoms with Gasteiger partial charge in [-0.2, -0.15) is 11.8 Å². The molecule has 7 heteroatoms. The number of thioether (sulfide) groups is 1. The fourth-order valence-corrected chi connectivity index (χ4v) is 4.59. The maximum atomic E-state index is 12.3. The van der Waals surface area contributed by atoms with Crippen LogP contribution in [-0.2, 0) is 16.6 Å². The number of rotatable bonds is 6. The third-order valence-electron chi connectivity index (χ3n) is 3.83. The van der Waals surface area contributed by atoms with Gasteiger partial charge in [-0.05, 0) is 42.9 Å². The number of sulfonamides is 1. The van der Waals surface area contributed by atoms with Gasteiger partial charge >= 0.3 is 0 Å². The lowest BCUT2D eigenvalue weighted by Crippen LogP contribution is -2.45. The summed E-state index contributed by atoms with van der Waals surface area (Å²) >= 11 is 7.69. The molecule has 1 aliphatic rings. The van der Waals surface area contributed by atoms with Crippen molar-refractivity contribution in [1.82, 2.24) is 4.72 Å². The second-order valence-corrected chi connectivity index (χ2v) is 8.47. The van der Waals surface area contributed by atoms with E-state index in [1.54, 1.807) is 17.8 Å². The summed E-state index contributed by atoms with van der Waals surface area (Å²) < 4.78 is 27.4. The quantitative estimate of drug-likeness (QED) is 0.837. The normalized spacial score (nSPS) is 17.8. The Labute approximate surface area is 129 Å². The van der Waals surface area contributed by atoms with Crippen LogP contribution in [0.3, 0.4) is 0 Å². The fourth-order valence-electron chi connectivity index (χ4n) is 2.21. The fraction of sp³-hybridized carbons (Fsp3) is 0.538. The van der Waals surface area contributed by atoms with E-state index in [9.17, 15) is 8.42 Å². The first-order chi connectivity index (χ1) is 9.42. The molecule has 0 bridgehead atoms. The van der Waals surface area contributed by atoms with Crippen molar-refractivity contribution in [2.75, 3.05) is 12.8 Å². The van der Waals surface area contributed by atoms with Gasteiger partial charge in [0.25, 0.3) is 0 Å². The molecule has 1 fully saturated rings. The third-order valence-corrected chi connectivity index (χ3v) is 7.02. The Morgan fingerprint density at radius 3 is 2.65 bits per heavy atom. The van der Waals surface area contributed by atoms with Crippen LogP contribution in [0, 0.1) is 0 Å². The van der Waals surface area contributed by atoms with Crippen LogP contribution in [0.1, 0.15) is 24.8 Å². The first-order valence-corrected chi connectivity index (χ1v) is 9.54. The smallest absolute Gasteiger partial charge is 0.240 e. The molecule has 112 valence electrons. The van der Waals surface area contributed by atoms with E-state index in [1.165, 1.54) is 18.6 Å². The molecule has 0 atom stereocenters. The highest BCUT2D eigenvalue weighted by molar-refractivity contribution is 8.00. The second-order valence-electron chi connectivity index (χ2n) is 5.02. The van der Waals surface area contributed by atoms with Gasteiger partial charge in [-0.3, -0.25) is 0 Å². The Balaban J connectivity index is 2.14. The number of halogens is 1. The van der Waals surface area contributed by atoms with Gasteiger partial charge < -0.3 is 5.73 Å². The summed E-state index contributed by atoms with van der Waals surface area (Å²) in [6.07, 6.45) is 5.32. The molecule has 0 aromatic heterocycles. The van der Waals surface area contributed by atoms with E-state index in [-0.39, 0.29) is 16.2 Å². The molecule has 0 saturated heterocycles. The average molecular weight is 335 g/mol. The molecule has 1 aromatic carbocycles. The van der Waals surface area contributed by atoms with Crippen molar-refractivity contribution < 1.29 is 8.42 Å². The van der Waals surface area contributed by atoms with Gasteiger partial charge in [0.2, 0.25) is 10.0 Å². The minimum absolute atomic E-state index is 0.0657. The largest absolute Gasteiger partial charge is 0.326 e. The third kappa shape index (κ3) is 3.31. The van der Waals surface area contributed by atoms with Crippen LogP contribution in [0.15, 0.2) is 23.1 Å². The molecule has 0 radical (unpaired) electrons. The summed E-state index contributed by atoms with van der Waals surface area (Å²) in [5.74, 6) is 0. The lowest BCUT2D eigenvalue weighted by atomic mass is 9.84. The van der Waals surface area contributed by atoms with E-state index in [0.717, 1.165) is 12.8 Å². The topological polar surface area (TPSA) is 72.2 Å². The minimum Gasteiger partial charge on any atom is -0.326 e. The number of nitrogens with one attached hydrogen (secondary N) is 1. The van der Waals surface area contributed by atoms with Crippen LogP contribution >= 0.6 is 23.4 Å². The molecule has 20 heavy (non-hydrogen) atoms. The van der Waals surface area contributed by atoms with Crippen molar-refractivity contribution in [3.05, 3.63) is 28.8 Å². The molecule has 0 unspecified atom stereocenters. The molecule has 2 rings (SSSR count). The van der Waals surface area contributed by atoms with E-state index in [4.69, 9.17) is 17.3 Å². The lowest BCUT2D eigenvalue weighted by molar-refractivity contribution is 0.362. The molecule has 0 aliphatic heterocycles. The number of nitrogens with two attached hydrogens (primary N) is 1.